The zero-order valence-corrected chi connectivity index (χ0v) is 16.8. The summed E-state index contributed by atoms with van der Waals surface area (Å²) in [4.78, 5) is 3.43. The molecule has 8 nitrogen and oxygen atoms in total. The quantitative estimate of drug-likeness (QED) is 0.432. The molecule has 2 aromatic carbocycles. The van der Waals surface area contributed by atoms with E-state index >= 15 is 0 Å². The molecule has 10 heteroatoms. The number of hydrogen-bond donors (Lipinski definition) is 3. The van der Waals surface area contributed by atoms with E-state index in [1.54, 1.807) is 30.3 Å². The Morgan fingerprint density at radius 1 is 0.933 bits per heavy atom. The minimum atomic E-state index is -4.15. The third-order valence-electron chi connectivity index (χ3n) is 4.30. The van der Waals surface area contributed by atoms with E-state index in [0.717, 1.165) is 6.07 Å². The van der Waals surface area contributed by atoms with Crippen LogP contribution in [0.2, 0.25) is 5.02 Å². The second kappa shape index (κ2) is 7.69. The van der Waals surface area contributed by atoms with Gasteiger partial charge in [-0.05, 0) is 36.4 Å². The standard InChI is InChI=1S/C20H15ClN4O4S/c21-15-3-1-2-4-17(15)25-16(7-10-23-25)14-11-20(19(27)12-18(14)26)30(28,29)24-13-5-8-22-9-6-13/h1-12,26-27H,(H,22,24). The minimum Gasteiger partial charge on any atom is -0.507 e. The molecule has 0 unspecified atom stereocenters. The van der Waals surface area contributed by atoms with E-state index in [1.807, 2.05) is 0 Å². The predicted molar refractivity (Wildman–Crippen MR) is 112 cm³/mol. The van der Waals surface area contributed by atoms with Crippen LogP contribution in [0.4, 0.5) is 5.69 Å². The maximum atomic E-state index is 12.8. The van der Waals surface area contributed by atoms with E-state index in [-0.39, 0.29) is 17.0 Å². The average Bonchev–Trinajstić information content (AvgIpc) is 3.18. The van der Waals surface area contributed by atoms with Crippen LogP contribution in [0, 0.1) is 0 Å². The topological polar surface area (TPSA) is 117 Å². The monoisotopic (exact) mass is 442 g/mol. The summed E-state index contributed by atoms with van der Waals surface area (Å²) in [6, 6.07) is 13.7. The number of nitrogens with one attached hydrogen (secondary N) is 1. The first-order valence-electron chi connectivity index (χ1n) is 8.65. The smallest absolute Gasteiger partial charge is 0.265 e. The van der Waals surface area contributed by atoms with E-state index in [4.69, 9.17) is 11.6 Å². The van der Waals surface area contributed by atoms with Crippen molar-refractivity contribution in [2.24, 2.45) is 0 Å². The van der Waals surface area contributed by atoms with Crippen LogP contribution in [0.5, 0.6) is 11.5 Å². The Morgan fingerprint density at radius 2 is 1.67 bits per heavy atom. The highest BCUT2D eigenvalue weighted by molar-refractivity contribution is 7.92. The summed E-state index contributed by atoms with van der Waals surface area (Å²) in [5.74, 6) is -0.911. The van der Waals surface area contributed by atoms with Gasteiger partial charge in [0.25, 0.3) is 10.0 Å². The zero-order valence-electron chi connectivity index (χ0n) is 15.3. The molecule has 0 atom stereocenters. The number of phenolic OH excluding ortho intramolecular Hbond substituents is 2. The van der Waals surface area contributed by atoms with Gasteiger partial charge in [0.05, 0.1) is 28.3 Å². The molecule has 4 aromatic rings. The van der Waals surface area contributed by atoms with Crippen molar-refractivity contribution >= 4 is 27.3 Å². The first-order chi connectivity index (χ1) is 14.4. The fourth-order valence-electron chi connectivity index (χ4n) is 2.93. The summed E-state index contributed by atoms with van der Waals surface area (Å²) in [6.07, 6.45) is 4.36. The minimum absolute atomic E-state index is 0.153. The van der Waals surface area contributed by atoms with E-state index in [2.05, 4.69) is 14.8 Å². The largest absolute Gasteiger partial charge is 0.507 e. The Labute approximate surface area is 177 Å². The van der Waals surface area contributed by atoms with Crippen molar-refractivity contribution in [3.8, 4) is 28.4 Å². The summed E-state index contributed by atoms with van der Waals surface area (Å²) in [6.45, 7) is 0. The number of para-hydroxylation sites is 1. The van der Waals surface area contributed by atoms with E-state index < -0.39 is 20.7 Å². The lowest BCUT2D eigenvalue weighted by atomic mass is 10.1. The molecular weight excluding hydrogens is 428 g/mol. The number of anilines is 1. The lowest BCUT2D eigenvalue weighted by molar-refractivity contribution is 0.440. The Hall–Kier alpha value is -3.56. The predicted octanol–water partition coefficient (Wildman–Crippen LogP) is 3.80. The van der Waals surface area contributed by atoms with Gasteiger partial charge in [-0.3, -0.25) is 9.71 Å². The molecule has 3 N–H and O–H groups in total. The molecular formula is C20H15ClN4O4S. The summed E-state index contributed by atoms with van der Waals surface area (Å²) in [5.41, 5.74) is 1.37. The first-order valence-corrected chi connectivity index (χ1v) is 10.5. The van der Waals surface area contributed by atoms with Crippen molar-refractivity contribution in [1.82, 2.24) is 14.8 Å². The molecule has 0 aliphatic heterocycles. The van der Waals surface area contributed by atoms with Gasteiger partial charge in [0.1, 0.15) is 16.4 Å². The highest BCUT2D eigenvalue weighted by Gasteiger charge is 2.24. The van der Waals surface area contributed by atoms with Gasteiger partial charge in [-0.2, -0.15) is 5.10 Å². The molecule has 2 aromatic heterocycles. The van der Waals surface area contributed by atoms with Crippen LogP contribution in [-0.2, 0) is 10.0 Å². The van der Waals surface area contributed by atoms with Gasteiger partial charge in [-0.25, -0.2) is 13.1 Å². The van der Waals surface area contributed by atoms with Crippen LogP contribution in [0.15, 0.2) is 78.1 Å². The summed E-state index contributed by atoms with van der Waals surface area (Å²) < 4.78 is 29.5. The molecule has 0 aliphatic rings. The van der Waals surface area contributed by atoms with E-state index in [0.29, 0.717) is 16.4 Å². The average molecular weight is 443 g/mol. The molecule has 0 aliphatic carbocycles. The number of pyridine rings is 1. The zero-order chi connectivity index (χ0) is 21.3. The third-order valence-corrected chi connectivity index (χ3v) is 6.03. The van der Waals surface area contributed by atoms with Crippen LogP contribution in [0.1, 0.15) is 0 Å². The number of hydrogen-bond acceptors (Lipinski definition) is 6. The van der Waals surface area contributed by atoms with Crippen LogP contribution < -0.4 is 4.72 Å². The number of aromatic hydroxyl groups is 2. The molecule has 0 amide bonds. The Morgan fingerprint density at radius 3 is 2.40 bits per heavy atom. The highest BCUT2D eigenvalue weighted by atomic mass is 35.5. The van der Waals surface area contributed by atoms with Crippen LogP contribution >= 0.6 is 11.6 Å². The van der Waals surface area contributed by atoms with Crippen LogP contribution in [-0.4, -0.2) is 33.4 Å². The summed E-state index contributed by atoms with van der Waals surface area (Å²) in [7, 11) is -4.15. The number of sulfonamides is 1. The van der Waals surface area contributed by atoms with Gasteiger partial charge in [0, 0.05) is 24.0 Å². The number of phenols is 2. The summed E-state index contributed by atoms with van der Waals surface area (Å²) >= 11 is 6.26. The van der Waals surface area contributed by atoms with Crippen molar-refractivity contribution < 1.29 is 18.6 Å². The van der Waals surface area contributed by atoms with Crippen molar-refractivity contribution in [3.05, 3.63) is 78.2 Å². The van der Waals surface area contributed by atoms with Crippen molar-refractivity contribution in [2.75, 3.05) is 4.72 Å². The molecule has 30 heavy (non-hydrogen) atoms. The maximum absolute atomic E-state index is 12.8. The lowest BCUT2D eigenvalue weighted by Crippen LogP contribution is -2.13. The fourth-order valence-corrected chi connectivity index (χ4v) is 4.31. The Balaban J connectivity index is 1.83. The van der Waals surface area contributed by atoms with Gasteiger partial charge >= 0.3 is 0 Å². The molecule has 2 heterocycles. The van der Waals surface area contributed by atoms with E-state index in [9.17, 15) is 18.6 Å². The molecule has 0 saturated carbocycles. The molecule has 0 fully saturated rings. The van der Waals surface area contributed by atoms with Crippen molar-refractivity contribution in [2.45, 2.75) is 4.90 Å². The number of benzene rings is 2. The molecule has 0 radical (unpaired) electrons. The van der Waals surface area contributed by atoms with Crippen molar-refractivity contribution in [3.63, 3.8) is 0 Å². The van der Waals surface area contributed by atoms with E-state index in [1.165, 1.54) is 41.5 Å². The number of aromatic nitrogens is 3. The molecule has 0 spiro atoms. The van der Waals surface area contributed by atoms with Crippen molar-refractivity contribution in [1.29, 1.82) is 0 Å². The van der Waals surface area contributed by atoms with Crippen LogP contribution in [0.3, 0.4) is 0 Å². The lowest BCUT2D eigenvalue weighted by Gasteiger charge is -2.14. The maximum Gasteiger partial charge on any atom is 0.265 e. The molecule has 0 saturated heterocycles. The molecule has 152 valence electrons. The second-order valence-electron chi connectivity index (χ2n) is 6.26. The Kier molecular flexibility index (Phi) is 5.06. The third kappa shape index (κ3) is 3.68. The number of nitrogens with zero attached hydrogens (tertiary/aromatic N) is 3. The highest BCUT2D eigenvalue weighted by Crippen LogP contribution is 2.38. The summed E-state index contributed by atoms with van der Waals surface area (Å²) in [5, 5.41) is 25.3. The Bertz CT molecular complexity index is 1320. The normalized spacial score (nSPS) is 11.4. The first kappa shape index (κ1) is 19.7. The van der Waals surface area contributed by atoms with Gasteiger partial charge in [0.15, 0.2) is 0 Å². The van der Waals surface area contributed by atoms with Gasteiger partial charge in [-0.15, -0.1) is 0 Å². The molecule has 4 rings (SSSR count). The number of rotatable bonds is 5. The van der Waals surface area contributed by atoms with Gasteiger partial charge in [-0.1, -0.05) is 23.7 Å². The second-order valence-corrected chi connectivity index (χ2v) is 8.32. The number of halogens is 1. The fraction of sp³-hybridized carbons (Fsp3) is 0. The SMILES string of the molecule is O=S(=O)(Nc1ccncc1)c1cc(-c2ccnn2-c2ccccc2Cl)c(O)cc1O. The van der Waals surface area contributed by atoms with Crippen LogP contribution in [0.25, 0.3) is 16.9 Å². The van der Waals surface area contributed by atoms with Gasteiger partial charge in [0.2, 0.25) is 0 Å². The van der Waals surface area contributed by atoms with Gasteiger partial charge < -0.3 is 10.2 Å². The molecule has 0 bridgehead atoms.